The molecule has 0 saturated carbocycles. The van der Waals surface area contributed by atoms with Crippen LogP contribution in [0.3, 0.4) is 0 Å². The Morgan fingerprint density at radius 1 is 1.40 bits per heavy atom. The molecule has 0 heterocycles. The van der Waals surface area contributed by atoms with Gasteiger partial charge in [0.1, 0.15) is 0 Å². The van der Waals surface area contributed by atoms with Crippen LogP contribution >= 0.6 is 12.4 Å². The highest BCUT2D eigenvalue weighted by Gasteiger charge is 1.98. The second-order valence-corrected chi connectivity index (χ2v) is 3.68. The molecule has 0 fully saturated rings. The number of nitrogens with one attached hydrogen (secondary N) is 1. The van der Waals surface area contributed by atoms with Crippen molar-refractivity contribution in [3.8, 4) is 0 Å². The normalized spacial score (nSPS) is 9.87. The number of rotatable bonds is 8. The maximum Gasteiger partial charge on any atom is 0.221 e. The van der Waals surface area contributed by atoms with Gasteiger partial charge in [-0.15, -0.1) is 12.4 Å². The molecule has 0 radical (unpaired) electrons. The van der Waals surface area contributed by atoms with Gasteiger partial charge in [0.15, 0.2) is 0 Å². The summed E-state index contributed by atoms with van der Waals surface area (Å²) in [6, 6.07) is 0. The summed E-state index contributed by atoms with van der Waals surface area (Å²) in [5.41, 5.74) is 5.22. The SMILES string of the molecule is CC(C)CCOCCNC(=O)CCN.Cl. The van der Waals surface area contributed by atoms with Gasteiger partial charge in [-0.05, 0) is 12.3 Å². The van der Waals surface area contributed by atoms with Gasteiger partial charge in [0.05, 0.1) is 6.61 Å². The van der Waals surface area contributed by atoms with E-state index < -0.39 is 0 Å². The predicted molar refractivity (Wildman–Crippen MR) is 64.2 cm³/mol. The molecule has 0 aliphatic carbocycles. The lowest BCUT2D eigenvalue weighted by Crippen LogP contribution is -2.28. The third-order valence-electron chi connectivity index (χ3n) is 1.78. The first-order chi connectivity index (χ1) is 6.66. The summed E-state index contributed by atoms with van der Waals surface area (Å²) in [5, 5.41) is 2.73. The molecule has 0 saturated heterocycles. The Kier molecular flexibility index (Phi) is 13.4. The van der Waals surface area contributed by atoms with Crippen molar-refractivity contribution in [3.05, 3.63) is 0 Å². The zero-order valence-electron chi connectivity index (χ0n) is 9.62. The Bertz CT molecular complexity index is 154. The molecule has 4 nitrogen and oxygen atoms in total. The van der Waals surface area contributed by atoms with E-state index in [-0.39, 0.29) is 18.3 Å². The van der Waals surface area contributed by atoms with Crippen molar-refractivity contribution in [3.63, 3.8) is 0 Å². The number of amides is 1. The third kappa shape index (κ3) is 13.7. The second kappa shape index (κ2) is 11.8. The van der Waals surface area contributed by atoms with Crippen LogP contribution in [0.15, 0.2) is 0 Å². The molecule has 0 rings (SSSR count). The summed E-state index contributed by atoms with van der Waals surface area (Å²) in [6.07, 6.45) is 1.46. The van der Waals surface area contributed by atoms with Gasteiger partial charge in [-0.3, -0.25) is 4.79 Å². The fraction of sp³-hybridized carbons (Fsp3) is 0.900. The Hall–Kier alpha value is -0.320. The highest BCUT2D eigenvalue weighted by atomic mass is 35.5. The Morgan fingerprint density at radius 2 is 2.07 bits per heavy atom. The molecular weight excluding hydrogens is 216 g/mol. The lowest BCUT2D eigenvalue weighted by atomic mass is 10.1. The van der Waals surface area contributed by atoms with Gasteiger partial charge in [-0.1, -0.05) is 13.8 Å². The lowest BCUT2D eigenvalue weighted by Gasteiger charge is -2.07. The summed E-state index contributed by atoms with van der Waals surface area (Å²) < 4.78 is 5.33. The van der Waals surface area contributed by atoms with Crippen LogP contribution in [-0.2, 0) is 9.53 Å². The minimum Gasteiger partial charge on any atom is -0.380 e. The zero-order chi connectivity index (χ0) is 10.8. The number of ether oxygens (including phenoxy) is 1. The molecule has 0 aliphatic rings. The van der Waals surface area contributed by atoms with Crippen molar-refractivity contribution in [2.75, 3.05) is 26.3 Å². The Morgan fingerprint density at radius 3 is 2.60 bits per heavy atom. The Balaban J connectivity index is 0. The number of halogens is 1. The molecule has 15 heavy (non-hydrogen) atoms. The number of carbonyl (C=O) groups is 1. The highest BCUT2D eigenvalue weighted by Crippen LogP contribution is 1.98. The number of hydrogen-bond donors (Lipinski definition) is 2. The van der Waals surface area contributed by atoms with Crippen LogP contribution in [-0.4, -0.2) is 32.2 Å². The van der Waals surface area contributed by atoms with Crippen LogP contribution in [0.5, 0.6) is 0 Å². The fourth-order valence-corrected chi connectivity index (χ4v) is 0.903. The maximum absolute atomic E-state index is 10.9. The van der Waals surface area contributed by atoms with E-state index in [1.165, 1.54) is 0 Å². The minimum atomic E-state index is -0.0000374. The van der Waals surface area contributed by atoms with Crippen molar-refractivity contribution in [2.45, 2.75) is 26.7 Å². The molecule has 1 amide bonds. The molecule has 0 spiro atoms. The molecule has 0 atom stereocenters. The van der Waals surface area contributed by atoms with Crippen LogP contribution < -0.4 is 11.1 Å². The fourth-order valence-electron chi connectivity index (χ4n) is 0.903. The van der Waals surface area contributed by atoms with Crippen molar-refractivity contribution in [2.24, 2.45) is 11.7 Å². The van der Waals surface area contributed by atoms with E-state index >= 15 is 0 Å². The van der Waals surface area contributed by atoms with Crippen molar-refractivity contribution in [1.29, 1.82) is 0 Å². The van der Waals surface area contributed by atoms with E-state index in [1.54, 1.807) is 0 Å². The van der Waals surface area contributed by atoms with E-state index in [0.717, 1.165) is 13.0 Å². The second-order valence-electron chi connectivity index (χ2n) is 3.68. The number of carbonyl (C=O) groups excluding carboxylic acids is 1. The first-order valence-corrected chi connectivity index (χ1v) is 5.21. The molecular formula is C10H23ClN2O2. The van der Waals surface area contributed by atoms with Crippen LogP contribution in [0, 0.1) is 5.92 Å². The molecule has 0 aromatic carbocycles. The summed E-state index contributed by atoms with van der Waals surface area (Å²) in [6.45, 7) is 6.66. The molecule has 0 bridgehead atoms. The molecule has 92 valence electrons. The standard InChI is InChI=1S/C10H22N2O2.ClH/c1-9(2)4-7-14-8-6-12-10(13)3-5-11;/h9H,3-8,11H2,1-2H3,(H,12,13);1H. The van der Waals surface area contributed by atoms with Crippen LogP contribution in [0.4, 0.5) is 0 Å². The zero-order valence-corrected chi connectivity index (χ0v) is 10.4. The third-order valence-corrected chi connectivity index (χ3v) is 1.78. The topological polar surface area (TPSA) is 64.3 Å². The van der Waals surface area contributed by atoms with E-state index in [0.29, 0.717) is 32.0 Å². The van der Waals surface area contributed by atoms with E-state index in [4.69, 9.17) is 10.5 Å². The van der Waals surface area contributed by atoms with E-state index in [9.17, 15) is 4.79 Å². The first-order valence-electron chi connectivity index (χ1n) is 5.21. The van der Waals surface area contributed by atoms with Gasteiger partial charge in [0.2, 0.25) is 5.91 Å². The molecule has 0 aliphatic heterocycles. The van der Waals surface area contributed by atoms with Crippen molar-refractivity contribution < 1.29 is 9.53 Å². The lowest BCUT2D eigenvalue weighted by molar-refractivity contribution is -0.121. The summed E-state index contributed by atoms with van der Waals surface area (Å²) in [7, 11) is 0. The number of nitrogens with two attached hydrogens (primary N) is 1. The smallest absolute Gasteiger partial charge is 0.221 e. The molecule has 3 N–H and O–H groups in total. The number of hydrogen-bond acceptors (Lipinski definition) is 3. The molecule has 0 aromatic heterocycles. The Labute approximate surface area is 98.3 Å². The minimum absolute atomic E-state index is 0. The van der Waals surface area contributed by atoms with Crippen LogP contribution in [0.1, 0.15) is 26.7 Å². The van der Waals surface area contributed by atoms with Gasteiger partial charge < -0.3 is 15.8 Å². The average molecular weight is 239 g/mol. The van der Waals surface area contributed by atoms with Gasteiger partial charge >= 0.3 is 0 Å². The monoisotopic (exact) mass is 238 g/mol. The van der Waals surface area contributed by atoms with Crippen LogP contribution in [0.2, 0.25) is 0 Å². The summed E-state index contributed by atoms with van der Waals surface area (Å²) in [5.74, 6) is 0.668. The van der Waals surface area contributed by atoms with E-state index in [2.05, 4.69) is 19.2 Å². The molecule has 0 aromatic rings. The van der Waals surface area contributed by atoms with Gasteiger partial charge in [-0.25, -0.2) is 0 Å². The summed E-state index contributed by atoms with van der Waals surface area (Å²) >= 11 is 0. The first kappa shape index (κ1) is 17.1. The average Bonchev–Trinajstić information content (AvgIpc) is 2.11. The largest absolute Gasteiger partial charge is 0.380 e. The predicted octanol–water partition coefficient (Wildman–Crippen LogP) is 0.936. The summed E-state index contributed by atoms with van der Waals surface area (Å²) in [4.78, 5) is 10.9. The van der Waals surface area contributed by atoms with Gasteiger partial charge in [-0.2, -0.15) is 0 Å². The highest BCUT2D eigenvalue weighted by molar-refractivity contribution is 5.85. The van der Waals surface area contributed by atoms with E-state index in [1.807, 2.05) is 0 Å². The maximum atomic E-state index is 10.9. The van der Waals surface area contributed by atoms with Crippen molar-refractivity contribution >= 4 is 18.3 Å². The quantitative estimate of drug-likeness (QED) is 0.619. The van der Waals surface area contributed by atoms with Gasteiger partial charge in [0.25, 0.3) is 0 Å². The van der Waals surface area contributed by atoms with Crippen LogP contribution in [0.25, 0.3) is 0 Å². The van der Waals surface area contributed by atoms with Gasteiger partial charge in [0, 0.05) is 26.1 Å². The molecule has 5 heteroatoms. The molecule has 0 unspecified atom stereocenters. The van der Waals surface area contributed by atoms with Crippen molar-refractivity contribution in [1.82, 2.24) is 5.32 Å².